The molecule has 7 nitrogen and oxygen atoms in total. The third kappa shape index (κ3) is 3.87. The third-order valence-corrected chi connectivity index (χ3v) is 4.73. The number of benzene rings is 1. The van der Waals surface area contributed by atoms with Gasteiger partial charge in [0.1, 0.15) is 5.75 Å². The molecule has 0 N–H and O–H groups in total. The molecule has 1 fully saturated rings. The Balaban J connectivity index is 1.63. The molecule has 138 valence electrons. The first-order valence-electron chi connectivity index (χ1n) is 8.61. The Morgan fingerprint density at radius 2 is 2.08 bits per heavy atom. The Hall–Kier alpha value is -2.83. The number of carbonyl (C=O) groups is 1. The summed E-state index contributed by atoms with van der Waals surface area (Å²) in [4.78, 5) is 25.2. The van der Waals surface area contributed by atoms with E-state index in [-0.39, 0.29) is 11.9 Å². The number of carbonyl (C=O) groups excluding carboxylic acids is 1. The normalized spacial score (nSPS) is 16.4. The van der Waals surface area contributed by atoms with Crippen molar-refractivity contribution in [2.24, 2.45) is 0 Å². The van der Waals surface area contributed by atoms with Gasteiger partial charge in [-0.3, -0.25) is 4.79 Å². The minimum Gasteiger partial charge on any atom is -0.497 e. The van der Waals surface area contributed by atoms with Gasteiger partial charge in [0.05, 0.1) is 26.7 Å². The lowest BCUT2D eigenvalue weighted by Gasteiger charge is -2.25. The van der Waals surface area contributed by atoms with Gasteiger partial charge in [-0.05, 0) is 24.1 Å². The topological polar surface area (TPSA) is 67.8 Å². The van der Waals surface area contributed by atoms with Gasteiger partial charge in [-0.15, -0.1) is 0 Å². The number of likely N-dealkylation sites (N-methyl/N-ethyl adjacent to an activating group) is 1. The summed E-state index contributed by atoms with van der Waals surface area (Å²) in [7, 11) is 5.08. The van der Waals surface area contributed by atoms with Crippen LogP contribution < -0.4 is 14.4 Å². The van der Waals surface area contributed by atoms with Crippen molar-refractivity contribution in [3.8, 4) is 11.6 Å². The van der Waals surface area contributed by atoms with E-state index in [1.165, 1.54) is 0 Å². The van der Waals surface area contributed by atoms with E-state index in [1.807, 2.05) is 36.2 Å². The maximum absolute atomic E-state index is 12.7. The molecular formula is C19H24N4O3. The second-order valence-corrected chi connectivity index (χ2v) is 6.31. The number of hydrogen-bond donors (Lipinski definition) is 0. The highest BCUT2D eigenvalue weighted by molar-refractivity contribution is 5.79. The molecule has 0 aliphatic carbocycles. The summed E-state index contributed by atoms with van der Waals surface area (Å²) in [5.41, 5.74) is 0.951. The molecule has 0 unspecified atom stereocenters. The smallest absolute Gasteiger partial charge is 0.257 e. The van der Waals surface area contributed by atoms with Crippen molar-refractivity contribution < 1.29 is 14.3 Å². The lowest BCUT2D eigenvalue weighted by Crippen LogP contribution is -2.40. The molecule has 1 saturated heterocycles. The molecule has 7 heteroatoms. The van der Waals surface area contributed by atoms with E-state index in [0.29, 0.717) is 12.3 Å². The van der Waals surface area contributed by atoms with Crippen LogP contribution in [0.25, 0.3) is 0 Å². The second-order valence-electron chi connectivity index (χ2n) is 6.31. The van der Waals surface area contributed by atoms with Crippen LogP contribution in [0.5, 0.6) is 11.6 Å². The summed E-state index contributed by atoms with van der Waals surface area (Å²) >= 11 is 0. The van der Waals surface area contributed by atoms with Gasteiger partial charge in [0, 0.05) is 32.5 Å². The van der Waals surface area contributed by atoms with Gasteiger partial charge < -0.3 is 19.3 Å². The first-order valence-corrected chi connectivity index (χ1v) is 8.61. The monoisotopic (exact) mass is 356 g/mol. The molecule has 0 spiro atoms. The Morgan fingerprint density at radius 3 is 2.85 bits per heavy atom. The van der Waals surface area contributed by atoms with Crippen LogP contribution in [0.4, 0.5) is 5.82 Å². The molecule has 1 aliphatic heterocycles. The van der Waals surface area contributed by atoms with Crippen molar-refractivity contribution in [3.63, 3.8) is 0 Å². The summed E-state index contributed by atoms with van der Waals surface area (Å²) < 4.78 is 10.5. The van der Waals surface area contributed by atoms with Crippen LogP contribution in [0.2, 0.25) is 0 Å². The highest BCUT2D eigenvalue weighted by Gasteiger charge is 2.30. The lowest BCUT2D eigenvalue weighted by molar-refractivity contribution is -0.130. The van der Waals surface area contributed by atoms with Crippen molar-refractivity contribution in [1.82, 2.24) is 14.9 Å². The Bertz CT molecular complexity index is 768. The number of anilines is 1. The summed E-state index contributed by atoms with van der Waals surface area (Å²) in [6.07, 6.45) is 4.52. The Morgan fingerprint density at radius 1 is 1.27 bits per heavy atom. The van der Waals surface area contributed by atoms with Crippen molar-refractivity contribution in [2.45, 2.75) is 18.9 Å². The Labute approximate surface area is 153 Å². The molecule has 1 amide bonds. The van der Waals surface area contributed by atoms with E-state index in [4.69, 9.17) is 9.47 Å². The van der Waals surface area contributed by atoms with Crippen LogP contribution in [0.1, 0.15) is 12.0 Å². The third-order valence-electron chi connectivity index (χ3n) is 4.73. The molecule has 1 aromatic heterocycles. The van der Waals surface area contributed by atoms with E-state index in [0.717, 1.165) is 36.6 Å². The quantitative estimate of drug-likeness (QED) is 0.786. The summed E-state index contributed by atoms with van der Waals surface area (Å²) in [6, 6.07) is 7.76. The first kappa shape index (κ1) is 18.0. The van der Waals surface area contributed by atoms with Crippen LogP contribution in [-0.2, 0) is 11.2 Å². The summed E-state index contributed by atoms with van der Waals surface area (Å²) in [5, 5.41) is 0. The van der Waals surface area contributed by atoms with E-state index in [2.05, 4.69) is 14.9 Å². The number of amides is 1. The molecule has 0 radical (unpaired) electrons. The number of aromatic nitrogens is 2. The Kier molecular flexibility index (Phi) is 5.55. The lowest BCUT2D eigenvalue weighted by atomic mass is 10.1. The predicted octanol–water partition coefficient (Wildman–Crippen LogP) is 1.77. The van der Waals surface area contributed by atoms with Crippen LogP contribution in [-0.4, -0.2) is 61.2 Å². The maximum Gasteiger partial charge on any atom is 0.257 e. The zero-order valence-corrected chi connectivity index (χ0v) is 15.4. The summed E-state index contributed by atoms with van der Waals surface area (Å²) in [5.74, 6) is 2.10. The number of nitrogens with zero attached hydrogens (tertiary/aromatic N) is 4. The average Bonchev–Trinajstić information content (AvgIpc) is 3.17. The van der Waals surface area contributed by atoms with Crippen molar-refractivity contribution >= 4 is 11.7 Å². The second kappa shape index (κ2) is 8.03. The van der Waals surface area contributed by atoms with Crippen LogP contribution >= 0.6 is 0 Å². The molecule has 2 aromatic rings. The molecular weight excluding hydrogens is 332 g/mol. The van der Waals surface area contributed by atoms with Crippen LogP contribution in [0.15, 0.2) is 36.7 Å². The fraction of sp³-hybridized carbons (Fsp3) is 0.421. The largest absolute Gasteiger partial charge is 0.497 e. The zero-order chi connectivity index (χ0) is 18.5. The van der Waals surface area contributed by atoms with E-state index in [9.17, 15) is 4.79 Å². The van der Waals surface area contributed by atoms with E-state index >= 15 is 0 Å². The number of rotatable bonds is 6. The number of ether oxygens (including phenoxy) is 2. The van der Waals surface area contributed by atoms with Crippen molar-refractivity contribution in [3.05, 3.63) is 42.2 Å². The summed E-state index contributed by atoms with van der Waals surface area (Å²) in [6.45, 7) is 1.53. The minimum absolute atomic E-state index is 0.0937. The molecule has 26 heavy (non-hydrogen) atoms. The fourth-order valence-corrected chi connectivity index (χ4v) is 3.21. The fourth-order valence-electron chi connectivity index (χ4n) is 3.21. The number of hydrogen-bond acceptors (Lipinski definition) is 6. The van der Waals surface area contributed by atoms with Gasteiger partial charge in [0.15, 0.2) is 5.82 Å². The molecule has 1 atom stereocenters. The van der Waals surface area contributed by atoms with Crippen LogP contribution in [0.3, 0.4) is 0 Å². The van der Waals surface area contributed by atoms with Gasteiger partial charge in [0.2, 0.25) is 5.91 Å². The molecule has 0 saturated carbocycles. The van der Waals surface area contributed by atoms with Gasteiger partial charge in [-0.25, -0.2) is 9.97 Å². The van der Waals surface area contributed by atoms with Crippen LogP contribution in [0, 0.1) is 0 Å². The van der Waals surface area contributed by atoms with Gasteiger partial charge in [-0.1, -0.05) is 12.1 Å². The van der Waals surface area contributed by atoms with Crippen molar-refractivity contribution in [1.29, 1.82) is 0 Å². The highest BCUT2D eigenvalue weighted by atomic mass is 16.5. The number of methoxy groups -OCH3 is 2. The molecule has 1 aromatic carbocycles. The highest BCUT2D eigenvalue weighted by Crippen LogP contribution is 2.27. The van der Waals surface area contributed by atoms with E-state index < -0.39 is 0 Å². The van der Waals surface area contributed by atoms with Crippen molar-refractivity contribution in [2.75, 3.05) is 39.3 Å². The molecule has 3 rings (SSSR count). The molecule has 1 aliphatic rings. The molecule has 0 bridgehead atoms. The maximum atomic E-state index is 12.7. The van der Waals surface area contributed by atoms with Gasteiger partial charge >= 0.3 is 0 Å². The average molecular weight is 356 g/mol. The standard InChI is InChI=1S/C19H24N4O3/c1-22(17(24)12-14-5-4-6-16(11-14)25-2)15-7-10-23(13-15)18-19(26-3)21-9-8-20-18/h4-6,8-9,11,15H,7,10,12-13H2,1-3H3/t15-/m1/s1. The van der Waals surface area contributed by atoms with E-state index in [1.54, 1.807) is 26.6 Å². The predicted molar refractivity (Wildman–Crippen MR) is 98.7 cm³/mol. The first-order chi connectivity index (χ1) is 12.6. The van der Waals surface area contributed by atoms with Gasteiger partial charge in [0.25, 0.3) is 5.88 Å². The van der Waals surface area contributed by atoms with Gasteiger partial charge in [-0.2, -0.15) is 0 Å². The zero-order valence-electron chi connectivity index (χ0n) is 15.4. The SMILES string of the molecule is COc1cccc(CC(=O)N(C)[C@@H]2CCN(c3nccnc3OC)C2)c1. The molecule has 2 heterocycles. The minimum atomic E-state index is 0.0937.